The maximum Gasteiger partial charge on any atom is 0.258 e. The average Bonchev–Trinajstić information content (AvgIpc) is 2.84. The van der Waals surface area contributed by atoms with E-state index in [0.29, 0.717) is 23.4 Å². The molecule has 3 aromatic carbocycles. The van der Waals surface area contributed by atoms with Gasteiger partial charge in [0.2, 0.25) is 5.91 Å². The zero-order valence-corrected chi connectivity index (χ0v) is 19.8. The minimum Gasteiger partial charge on any atom is -0.305 e. The summed E-state index contributed by atoms with van der Waals surface area (Å²) in [5.41, 5.74) is 3.99. The Morgan fingerprint density at radius 3 is 2.38 bits per heavy atom. The SMILES string of the molecule is CC(=O)N(c1ccc(Cl)cc1)[C@@H]1C[C@H](C)N(C(=O)c2ccc(CC=C=O)cc2)c2ccccc21. The van der Waals surface area contributed by atoms with Crippen LogP contribution in [0.1, 0.15) is 47.8 Å². The van der Waals surface area contributed by atoms with Crippen LogP contribution in [0.4, 0.5) is 11.4 Å². The third-order valence-electron chi connectivity index (χ3n) is 6.16. The number of rotatable bonds is 5. The Labute approximate surface area is 204 Å². The topological polar surface area (TPSA) is 57.7 Å². The van der Waals surface area contributed by atoms with Crippen LogP contribution in [0.5, 0.6) is 0 Å². The zero-order chi connectivity index (χ0) is 24.2. The van der Waals surface area contributed by atoms with Gasteiger partial charge in [-0.05, 0) is 66.9 Å². The predicted molar refractivity (Wildman–Crippen MR) is 135 cm³/mol. The van der Waals surface area contributed by atoms with Gasteiger partial charge in [0, 0.05) is 47.4 Å². The maximum atomic E-state index is 13.6. The molecule has 0 aromatic heterocycles. The van der Waals surface area contributed by atoms with Crippen molar-refractivity contribution in [1.82, 2.24) is 0 Å². The fourth-order valence-electron chi connectivity index (χ4n) is 4.60. The molecule has 1 aliphatic rings. The second kappa shape index (κ2) is 10.1. The Morgan fingerprint density at radius 2 is 1.74 bits per heavy atom. The molecule has 0 aliphatic carbocycles. The fourth-order valence-corrected chi connectivity index (χ4v) is 4.73. The fraction of sp³-hybridized carbons (Fsp3) is 0.214. The minimum atomic E-state index is -0.216. The summed E-state index contributed by atoms with van der Waals surface area (Å²) in [5, 5.41) is 0.606. The standard InChI is InChI=1S/C28H25ClN2O3/c1-19-18-27(31(20(2)33)24-15-13-23(29)14-16-24)25-7-3-4-8-26(25)30(19)28(34)22-11-9-21(10-12-22)6-5-17-32/h3-5,7-16,19,27H,6,18H2,1-2H3/t19-,27+/m0/s1. The molecule has 1 heterocycles. The van der Waals surface area contributed by atoms with Gasteiger partial charge in [0.1, 0.15) is 5.94 Å². The van der Waals surface area contributed by atoms with Crippen LogP contribution in [0.2, 0.25) is 5.02 Å². The summed E-state index contributed by atoms with van der Waals surface area (Å²) < 4.78 is 0. The molecule has 0 radical (unpaired) electrons. The molecule has 2 atom stereocenters. The number of fused-ring (bicyclic) bond motifs is 1. The highest BCUT2D eigenvalue weighted by molar-refractivity contribution is 6.30. The van der Waals surface area contributed by atoms with Crippen LogP contribution in [0.3, 0.4) is 0 Å². The zero-order valence-electron chi connectivity index (χ0n) is 19.1. The van der Waals surface area contributed by atoms with Gasteiger partial charge in [-0.25, -0.2) is 4.79 Å². The smallest absolute Gasteiger partial charge is 0.258 e. The molecule has 0 fully saturated rings. The normalized spacial score (nSPS) is 16.9. The number of nitrogens with zero attached hydrogens (tertiary/aromatic N) is 2. The lowest BCUT2D eigenvalue weighted by Gasteiger charge is -2.43. The molecule has 1 aliphatic heterocycles. The van der Waals surface area contributed by atoms with Crippen LogP contribution in [-0.4, -0.2) is 23.8 Å². The van der Waals surface area contributed by atoms with E-state index in [0.717, 1.165) is 22.5 Å². The summed E-state index contributed by atoms with van der Waals surface area (Å²) in [5.74, 6) is 1.60. The van der Waals surface area contributed by atoms with Gasteiger partial charge < -0.3 is 9.80 Å². The van der Waals surface area contributed by atoms with E-state index in [1.165, 1.54) is 6.08 Å². The largest absolute Gasteiger partial charge is 0.305 e. The molecule has 2 amide bonds. The minimum absolute atomic E-state index is 0.0749. The Hall–Kier alpha value is -3.66. The lowest BCUT2D eigenvalue weighted by Crippen LogP contribution is -2.47. The number of para-hydroxylation sites is 1. The third kappa shape index (κ3) is 4.67. The van der Waals surface area contributed by atoms with Crippen LogP contribution < -0.4 is 9.80 Å². The van der Waals surface area contributed by atoms with Gasteiger partial charge in [0.05, 0.1) is 6.04 Å². The molecule has 5 nitrogen and oxygen atoms in total. The summed E-state index contributed by atoms with van der Waals surface area (Å²) in [6.45, 7) is 3.56. The molecule has 0 saturated heterocycles. The lowest BCUT2D eigenvalue weighted by molar-refractivity contribution is -0.117. The number of anilines is 2. The lowest BCUT2D eigenvalue weighted by atomic mass is 9.89. The summed E-state index contributed by atoms with van der Waals surface area (Å²) in [6, 6.07) is 21.9. The van der Waals surface area contributed by atoms with Crippen molar-refractivity contribution in [3.05, 3.63) is 101 Å². The van der Waals surface area contributed by atoms with Crippen molar-refractivity contribution in [3.8, 4) is 0 Å². The van der Waals surface area contributed by atoms with Crippen LogP contribution >= 0.6 is 11.6 Å². The average molecular weight is 473 g/mol. The summed E-state index contributed by atoms with van der Waals surface area (Å²) in [4.78, 5) is 40.4. The molecular formula is C28H25ClN2O3. The van der Waals surface area contributed by atoms with E-state index in [9.17, 15) is 14.4 Å². The summed E-state index contributed by atoms with van der Waals surface area (Å²) in [6.07, 6.45) is 2.49. The Kier molecular flexibility index (Phi) is 6.97. The van der Waals surface area contributed by atoms with E-state index in [1.54, 1.807) is 42.0 Å². The van der Waals surface area contributed by atoms with Crippen molar-refractivity contribution in [2.24, 2.45) is 0 Å². The van der Waals surface area contributed by atoms with Gasteiger partial charge >= 0.3 is 0 Å². The number of halogens is 1. The molecule has 6 heteroatoms. The van der Waals surface area contributed by atoms with Crippen molar-refractivity contribution in [1.29, 1.82) is 0 Å². The van der Waals surface area contributed by atoms with E-state index < -0.39 is 0 Å². The van der Waals surface area contributed by atoms with Gasteiger partial charge in [-0.3, -0.25) is 9.59 Å². The number of allylic oxidation sites excluding steroid dienone is 1. The van der Waals surface area contributed by atoms with E-state index >= 15 is 0 Å². The van der Waals surface area contributed by atoms with Crippen molar-refractivity contribution < 1.29 is 14.4 Å². The van der Waals surface area contributed by atoms with Crippen LogP contribution in [0.15, 0.2) is 78.9 Å². The first-order chi connectivity index (χ1) is 16.4. The Morgan fingerprint density at radius 1 is 1.06 bits per heavy atom. The monoisotopic (exact) mass is 472 g/mol. The highest BCUT2D eigenvalue weighted by atomic mass is 35.5. The second-order valence-electron chi connectivity index (χ2n) is 8.42. The number of hydrogen-bond donors (Lipinski definition) is 0. The summed E-state index contributed by atoms with van der Waals surface area (Å²) in [7, 11) is 0. The number of amides is 2. The van der Waals surface area contributed by atoms with Crippen LogP contribution in [0.25, 0.3) is 0 Å². The predicted octanol–water partition coefficient (Wildman–Crippen LogP) is 5.80. The second-order valence-corrected chi connectivity index (χ2v) is 8.86. The molecule has 3 aromatic rings. The summed E-state index contributed by atoms with van der Waals surface area (Å²) >= 11 is 6.07. The van der Waals surface area contributed by atoms with Gasteiger partial charge in [0.15, 0.2) is 0 Å². The van der Waals surface area contributed by atoms with Crippen molar-refractivity contribution in [3.63, 3.8) is 0 Å². The van der Waals surface area contributed by atoms with E-state index in [1.807, 2.05) is 60.4 Å². The molecule has 0 saturated carbocycles. The van der Waals surface area contributed by atoms with Crippen LogP contribution in [-0.2, 0) is 16.0 Å². The molecular weight excluding hydrogens is 448 g/mol. The quantitative estimate of drug-likeness (QED) is 0.441. The highest BCUT2D eigenvalue weighted by Crippen LogP contribution is 2.42. The molecule has 34 heavy (non-hydrogen) atoms. The molecule has 0 N–H and O–H groups in total. The molecule has 172 valence electrons. The first-order valence-electron chi connectivity index (χ1n) is 11.2. The van der Waals surface area contributed by atoms with Crippen molar-refractivity contribution in [2.75, 3.05) is 9.80 Å². The number of hydrogen-bond acceptors (Lipinski definition) is 3. The first kappa shape index (κ1) is 23.5. The van der Waals surface area contributed by atoms with Crippen LogP contribution in [0, 0.1) is 0 Å². The van der Waals surface area contributed by atoms with E-state index in [-0.39, 0.29) is 23.9 Å². The van der Waals surface area contributed by atoms with E-state index in [4.69, 9.17) is 11.6 Å². The van der Waals surface area contributed by atoms with E-state index in [2.05, 4.69) is 0 Å². The number of carbonyl (C=O) groups excluding carboxylic acids is 3. The number of carbonyl (C=O) groups is 2. The molecule has 0 spiro atoms. The van der Waals surface area contributed by atoms with Crippen molar-refractivity contribution in [2.45, 2.75) is 38.8 Å². The first-order valence-corrected chi connectivity index (χ1v) is 11.5. The maximum absolute atomic E-state index is 13.6. The van der Waals surface area contributed by atoms with Gasteiger partial charge in [0.25, 0.3) is 5.91 Å². The Balaban J connectivity index is 1.71. The van der Waals surface area contributed by atoms with Gasteiger partial charge in [-0.15, -0.1) is 0 Å². The highest BCUT2D eigenvalue weighted by Gasteiger charge is 2.38. The molecule has 4 rings (SSSR count). The molecule has 0 unspecified atom stereocenters. The Bertz CT molecular complexity index is 1250. The van der Waals surface area contributed by atoms with Gasteiger partial charge in [-0.2, -0.15) is 0 Å². The molecule has 0 bridgehead atoms. The van der Waals surface area contributed by atoms with Crippen molar-refractivity contribution >= 4 is 40.7 Å². The van der Waals surface area contributed by atoms with Gasteiger partial charge in [-0.1, -0.05) is 41.9 Å². The third-order valence-corrected chi connectivity index (χ3v) is 6.41. The number of benzene rings is 3.